The molecular formula is C17H22N4O2. The Morgan fingerprint density at radius 1 is 1.48 bits per heavy atom. The van der Waals surface area contributed by atoms with Crippen LogP contribution in [0, 0.1) is 11.3 Å². The maximum absolute atomic E-state index is 12.1. The summed E-state index contributed by atoms with van der Waals surface area (Å²) in [6, 6.07) is 6.72. The monoisotopic (exact) mass is 314 g/mol. The second-order valence-corrected chi connectivity index (χ2v) is 5.44. The lowest BCUT2D eigenvalue weighted by atomic mass is 10.1. The van der Waals surface area contributed by atoms with Crippen molar-refractivity contribution in [2.75, 3.05) is 38.6 Å². The molecule has 0 radical (unpaired) electrons. The molecule has 1 heterocycles. The Balaban J connectivity index is 1.95. The highest BCUT2D eigenvalue weighted by Gasteiger charge is 2.11. The summed E-state index contributed by atoms with van der Waals surface area (Å²) in [5.74, 6) is 0.556. The molecular weight excluding hydrogens is 292 g/mol. The van der Waals surface area contributed by atoms with Crippen LogP contribution in [-0.2, 0) is 0 Å². The van der Waals surface area contributed by atoms with E-state index in [4.69, 9.17) is 10.00 Å². The third kappa shape index (κ3) is 5.01. The van der Waals surface area contributed by atoms with Crippen LogP contribution in [0.2, 0.25) is 0 Å². The van der Waals surface area contributed by atoms with Crippen molar-refractivity contribution < 1.29 is 9.53 Å². The van der Waals surface area contributed by atoms with E-state index in [0.29, 0.717) is 30.2 Å². The number of likely N-dealkylation sites (N-methyl/N-ethyl adjacent to an activating group) is 1. The van der Waals surface area contributed by atoms with Crippen LogP contribution in [-0.4, -0.2) is 44.2 Å². The average Bonchev–Trinajstić information content (AvgIpc) is 2.56. The molecule has 0 saturated carbocycles. The molecule has 0 aliphatic carbocycles. The van der Waals surface area contributed by atoms with E-state index < -0.39 is 0 Å². The molecule has 1 aromatic rings. The van der Waals surface area contributed by atoms with E-state index >= 15 is 0 Å². The molecule has 0 bridgehead atoms. The molecule has 23 heavy (non-hydrogen) atoms. The number of hydrogen-bond acceptors (Lipinski definition) is 4. The van der Waals surface area contributed by atoms with Crippen LogP contribution in [0.15, 0.2) is 29.8 Å². The summed E-state index contributed by atoms with van der Waals surface area (Å²) >= 11 is 0. The van der Waals surface area contributed by atoms with E-state index in [0.717, 1.165) is 19.5 Å². The predicted molar refractivity (Wildman–Crippen MR) is 89.5 cm³/mol. The second-order valence-electron chi connectivity index (χ2n) is 5.44. The van der Waals surface area contributed by atoms with Crippen molar-refractivity contribution in [2.45, 2.75) is 13.3 Å². The number of ether oxygens (including phenoxy) is 1. The molecule has 0 spiro atoms. The molecule has 0 unspecified atom stereocenters. The first-order chi connectivity index (χ1) is 11.1. The number of carbonyl (C=O) groups is 1. The smallest absolute Gasteiger partial charge is 0.319 e. The second kappa shape index (κ2) is 8.20. The van der Waals surface area contributed by atoms with Gasteiger partial charge < -0.3 is 20.3 Å². The van der Waals surface area contributed by atoms with Crippen LogP contribution in [0.4, 0.5) is 10.5 Å². The fraction of sp³-hybridized carbons (Fsp3) is 0.412. The van der Waals surface area contributed by atoms with Crippen molar-refractivity contribution in [3.05, 3.63) is 35.4 Å². The molecule has 1 aliphatic rings. The van der Waals surface area contributed by atoms with Gasteiger partial charge >= 0.3 is 6.03 Å². The van der Waals surface area contributed by atoms with Gasteiger partial charge in [-0.05, 0) is 38.6 Å². The summed E-state index contributed by atoms with van der Waals surface area (Å²) < 4.78 is 5.47. The lowest BCUT2D eigenvalue weighted by Crippen LogP contribution is -2.33. The molecule has 0 saturated heterocycles. The molecule has 2 N–H and O–H groups in total. The Hall–Kier alpha value is -2.52. The highest BCUT2D eigenvalue weighted by molar-refractivity contribution is 5.91. The van der Waals surface area contributed by atoms with Crippen molar-refractivity contribution in [1.29, 1.82) is 5.26 Å². The highest BCUT2D eigenvalue weighted by Crippen LogP contribution is 2.25. The predicted octanol–water partition coefficient (Wildman–Crippen LogP) is 2.34. The Morgan fingerprint density at radius 2 is 2.30 bits per heavy atom. The number of hydrogen-bond donors (Lipinski definition) is 2. The normalized spacial score (nSPS) is 14.6. The molecule has 6 heteroatoms. The molecule has 1 aliphatic heterocycles. The van der Waals surface area contributed by atoms with Gasteiger partial charge in [-0.2, -0.15) is 5.26 Å². The number of rotatable bonds is 5. The van der Waals surface area contributed by atoms with Gasteiger partial charge in [-0.1, -0.05) is 11.6 Å². The van der Waals surface area contributed by atoms with Crippen LogP contribution in [0.5, 0.6) is 5.75 Å². The van der Waals surface area contributed by atoms with Crippen molar-refractivity contribution in [1.82, 2.24) is 10.2 Å². The molecule has 0 fully saturated rings. The van der Waals surface area contributed by atoms with Gasteiger partial charge in [-0.25, -0.2) is 4.79 Å². The lowest BCUT2D eigenvalue weighted by molar-refractivity contribution is 0.252. The number of urea groups is 1. The van der Waals surface area contributed by atoms with E-state index in [9.17, 15) is 4.79 Å². The summed E-state index contributed by atoms with van der Waals surface area (Å²) in [7, 11) is 2.07. The van der Waals surface area contributed by atoms with E-state index in [1.54, 1.807) is 18.2 Å². The van der Waals surface area contributed by atoms with Crippen LogP contribution >= 0.6 is 0 Å². The third-order valence-corrected chi connectivity index (χ3v) is 3.64. The molecule has 122 valence electrons. The molecule has 2 rings (SSSR count). The van der Waals surface area contributed by atoms with Gasteiger partial charge in [-0.3, -0.25) is 0 Å². The van der Waals surface area contributed by atoms with E-state index in [2.05, 4.69) is 34.7 Å². The summed E-state index contributed by atoms with van der Waals surface area (Å²) in [6.45, 7) is 4.81. The average molecular weight is 314 g/mol. The number of nitriles is 1. The molecule has 0 aromatic heterocycles. The molecule has 0 atom stereocenters. The van der Waals surface area contributed by atoms with Gasteiger partial charge in [0.25, 0.3) is 0 Å². The number of anilines is 1. The zero-order valence-corrected chi connectivity index (χ0v) is 13.6. The third-order valence-electron chi connectivity index (χ3n) is 3.64. The topological polar surface area (TPSA) is 77.4 Å². The molecule has 6 nitrogen and oxygen atoms in total. The quantitative estimate of drug-likeness (QED) is 0.818. The number of amides is 2. The van der Waals surface area contributed by atoms with Crippen molar-refractivity contribution in [3.8, 4) is 11.8 Å². The maximum atomic E-state index is 12.1. The highest BCUT2D eigenvalue weighted by atomic mass is 16.5. The van der Waals surface area contributed by atoms with Gasteiger partial charge in [0.05, 0.1) is 23.9 Å². The first kappa shape index (κ1) is 16.8. The largest absolute Gasteiger partial charge is 0.492 e. The Morgan fingerprint density at radius 3 is 2.96 bits per heavy atom. The van der Waals surface area contributed by atoms with Crippen molar-refractivity contribution >= 4 is 11.7 Å². The zero-order chi connectivity index (χ0) is 16.7. The first-order valence-corrected chi connectivity index (χ1v) is 7.70. The number of carbonyl (C=O) groups excluding carboxylic acids is 1. The Labute approximate surface area is 136 Å². The van der Waals surface area contributed by atoms with Gasteiger partial charge in [0.1, 0.15) is 5.75 Å². The van der Waals surface area contributed by atoms with Gasteiger partial charge in [0, 0.05) is 19.6 Å². The van der Waals surface area contributed by atoms with Crippen LogP contribution < -0.4 is 15.4 Å². The fourth-order valence-corrected chi connectivity index (χ4v) is 2.31. The summed E-state index contributed by atoms with van der Waals surface area (Å²) in [4.78, 5) is 14.3. The van der Waals surface area contributed by atoms with Gasteiger partial charge in [-0.15, -0.1) is 0 Å². The van der Waals surface area contributed by atoms with E-state index in [-0.39, 0.29) is 6.03 Å². The SMILES string of the molecule is CCOc1ccc(C#N)cc1NC(=O)NCC1=CCN(C)CC1. The number of nitrogens with zero attached hydrogens (tertiary/aromatic N) is 2. The molecule has 1 aromatic carbocycles. The zero-order valence-electron chi connectivity index (χ0n) is 13.6. The van der Waals surface area contributed by atoms with E-state index in [1.807, 2.05) is 6.92 Å². The first-order valence-electron chi connectivity index (χ1n) is 7.70. The Kier molecular flexibility index (Phi) is 6.01. The minimum Gasteiger partial charge on any atom is -0.492 e. The lowest BCUT2D eigenvalue weighted by Gasteiger charge is -2.22. The van der Waals surface area contributed by atoms with E-state index in [1.165, 1.54) is 5.57 Å². The van der Waals surface area contributed by atoms with Crippen LogP contribution in [0.25, 0.3) is 0 Å². The van der Waals surface area contributed by atoms with Crippen LogP contribution in [0.3, 0.4) is 0 Å². The van der Waals surface area contributed by atoms with Gasteiger partial charge in [0.15, 0.2) is 0 Å². The fourth-order valence-electron chi connectivity index (χ4n) is 2.31. The van der Waals surface area contributed by atoms with Crippen molar-refractivity contribution in [3.63, 3.8) is 0 Å². The van der Waals surface area contributed by atoms with Crippen LogP contribution in [0.1, 0.15) is 18.9 Å². The van der Waals surface area contributed by atoms with Gasteiger partial charge in [0.2, 0.25) is 0 Å². The maximum Gasteiger partial charge on any atom is 0.319 e. The minimum absolute atomic E-state index is 0.305. The number of nitrogens with one attached hydrogen (secondary N) is 2. The summed E-state index contributed by atoms with van der Waals surface area (Å²) in [5.41, 5.74) is 2.21. The number of benzene rings is 1. The summed E-state index contributed by atoms with van der Waals surface area (Å²) in [5, 5.41) is 14.6. The van der Waals surface area contributed by atoms with Crippen molar-refractivity contribution in [2.24, 2.45) is 0 Å². The standard InChI is InChI=1S/C17H22N4O2/c1-3-23-16-5-4-14(11-18)10-15(16)20-17(22)19-12-13-6-8-21(2)9-7-13/h4-6,10H,3,7-9,12H2,1-2H3,(H2,19,20,22). The molecule has 2 amide bonds. The Bertz CT molecular complexity index is 634. The minimum atomic E-state index is -0.305. The summed E-state index contributed by atoms with van der Waals surface area (Å²) in [6.07, 6.45) is 3.11.